The third kappa shape index (κ3) is 7.18. The molecule has 2 aliphatic rings. The molecule has 0 atom stereocenters. The Labute approximate surface area is 248 Å². The van der Waals surface area contributed by atoms with Gasteiger partial charge in [0, 0.05) is 46.6 Å². The fourth-order valence-electron chi connectivity index (χ4n) is 4.45. The van der Waals surface area contributed by atoms with Crippen molar-refractivity contribution in [3.05, 3.63) is 57.0 Å². The maximum Gasteiger partial charge on any atom is 0.422 e. The summed E-state index contributed by atoms with van der Waals surface area (Å²) < 4.78 is 18.2. The van der Waals surface area contributed by atoms with Crippen molar-refractivity contribution in [2.24, 2.45) is 0 Å². The van der Waals surface area contributed by atoms with Gasteiger partial charge in [0.05, 0.1) is 11.3 Å². The minimum atomic E-state index is -0.785. The van der Waals surface area contributed by atoms with E-state index in [4.69, 9.17) is 25.8 Å². The van der Waals surface area contributed by atoms with Crippen LogP contribution in [0.1, 0.15) is 65.5 Å². The van der Waals surface area contributed by atoms with Crippen molar-refractivity contribution in [2.45, 2.75) is 71.7 Å². The Hall–Kier alpha value is -3.04. The molecule has 0 unspecified atom stereocenters. The van der Waals surface area contributed by atoms with E-state index in [0.29, 0.717) is 59.1 Å². The SMILES string of the molecule is CC(C)(C)OC(=O)N1CCC(Oc2ccc(Br)cc2/C=C2/C(=O)N(C(=O)OC(C)(C)C)c3cc(Cl)ccc32)CC1. The van der Waals surface area contributed by atoms with Gasteiger partial charge in [-0.05, 0) is 78.0 Å². The molecule has 8 nitrogen and oxygen atoms in total. The Bertz CT molecular complexity index is 1350. The molecule has 0 aromatic heterocycles. The Kier molecular flexibility index (Phi) is 8.57. The molecule has 2 aromatic rings. The third-order valence-electron chi connectivity index (χ3n) is 6.16. The van der Waals surface area contributed by atoms with E-state index in [9.17, 15) is 14.4 Å². The van der Waals surface area contributed by atoms with Crippen LogP contribution in [0, 0.1) is 0 Å². The van der Waals surface area contributed by atoms with E-state index in [1.165, 1.54) is 0 Å². The van der Waals surface area contributed by atoms with Crippen LogP contribution in [-0.4, -0.2) is 53.4 Å². The molecule has 214 valence electrons. The summed E-state index contributed by atoms with van der Waals surface area (Å²) >= 11 is 9.74. The fourth-order valence-corrected chi connectivity index (χ4v) is 4.99. The molecule has 10 heteroatoms. The van der Waals surface area contributed by atoms with Crippen LogP contribution in [0.4, 0.5) is 15.3 Å². The van der Waals surface area contributed by atoms with Gasteiger partial charge in [0.25, 0.3) is 5.91 Å². The first-order chi connectivity index (χ1) is 18.6. The molecule has 1 saturated heterocycles. The lowest BCUT2D eigenvalue weighted by Gasteiger charge is -2.33. The zero-order chi connectivity index (χ0) is 29.4. The van der Waals surface area contributed by atoms with Gasteiger partial charge in [-0.15, -0.1) is 0 Å². The number of imide groups is 1. The van der Waals surface area contributed by atoms with Crippen LogP contribution < -0.4 is 9.64 Å². The number of carbonyl (C=O) groups is 3. The number of halogens is 2. The van der Waals surface area contributed by atoms with Crippen molar-refractivity contribution in [2.75, 3.05) is 18.0 Å². The number of hydrogen-bond donors (Lipinski definition) is 0. The van der Waals surface area contributed by atoms with E-state index in [1.807, 2.05) is 39.0 Å². The summed E-state index contributed by atoms with van der Waals surface area (Å²) in [5.41, 5.74) is 0.582. The minimum absolute atomic E-state index is 0.124. The van der Waals surface area contributed by atoms with E-state index in [0.717, 1.165) is 9.37 Å². The predicted octanol–water partition coefficient (Wildman–Crippen LogP) is 7.70. The van der Waals surface area contributed by atoms with Crippen molar-refractivity contribution < 1.29 is 28.6 Å². The molecule has 2 heterocycles. The molecule has 2 aromatic carbocycles. The van der Waals surface area contributed by atoms with Gasteiger partial charge in [-0.3, -0.25) is 4.79 Å². The first-order valence-electron chi connectivity index (χ1n) is 13.1. The summed E-state index contributed by atoms with van der Waals surface area (Å²) in [7, 11) is 0. The van der Waals surface area contributed by atoms with Crippen molar-refractivity contribution >= 4 is 63.0 Å². The van der Waals surface area contributed by atoms with Gasteiger partial charge in [-0.25, -0.2) is 14.5 Å². The fraction of sp³-hybridized carbons (Fsp3) is 0.433. The molecular weight excluding hydrogens is 600 g/mol. The summed E-state index contributed by atoms with van der Waals surface area (Å²) in [4.78, 5) is 41.8. The van der Waals surface area contributed by atoms with E-state index in [2.05, 4.69) is 15.9 Å². The number of amides is 3. The second-order valence-corrected chi connectivity index (χ2v) is 13.2. The van der Waals surface area contributed by atoms with Gasteiger partial charge in [0.2, 0.25) is 0 Å². The zero-order valence-corrected chi connectivity index (χ0v) is 25.9. The maximum absolute atomic E-state index is 13.6. The Morgan fingerprint density at radius 1 is 0.950 bits per heavy atom. The number of nitrogens with zero attached hydrogens (tertiary/aromatic N) is 2. The molecular formula is C30H34BrClN2O6. The first kappa shape index (κ1) is 29.9. The van der Waals surface area contributed by atoms with Gasteiger partial charge < -0.3 is 19.1 Å². The largest absolute Gasteiger partial charge is 0.490 e. The Morgan fingerprint density at radius 2 is 1.57 bits per heavy atom. The molecule has 0 N–H and O–H groups in total. The molecule has 4 rings (SSSR count). The van der Waals surface area contributed by atoms with Gasteiger partial charge in [-0.1, -0.05) is 33.6 Å². The lowest BCUT2D eigenvalue weighted by molar-refractivity contribution is -0.112. The normalized spacial score (nSPS) is 17.2. The number of rotatable bonds is 3. The van der Waals surface area contributed by atoms with Crippen LogP contribution in [0.25, 0.3) is 11.6 Å². The van der Waals surface area contributed by atoms with Gasteiger partial charge >= 0.3 is 12.2 Å². The van der Waals surface area contributed by atoms with E-state index in [1.54, 1.807) is 49.9 Å². The van der Waals surface area contributed by atoms with Gasteiger partial charge in [0.1, 0.15) is 23.1 Å². The van der Waals surface area contributed by atoms with Crippen LogP contribution in [0.15, 0.2) is 40.9 Å². The van der Waals surface area contributed by atoms with Crippen molar-refractivity contribution in [3.8, 4) is 5.75 Å². The van der Waals surface area contributed by atoms with Crippen molar-refractivity contribution in [3.63, 3.8) is 0 Å². The highest BCUT2D eigenvalue weighted by molar-refractivity contribution is 9.10. The molecule has 1 fully saturated rings. The molecule has 0 aliphatic carbocycles. The predicted molar refractivity (Wildman–Crippen MR) is 159 cm³/mol. The summed E-state index contributed by atoms with van der Waals surface area (Å²) in [6.07, 6.45) is 1.77. The van der Waals surface area contributed by atoms with E-state index < -0.39 is 23.2 Å². The molecule has 40 heavy (non-hydrogen) atoms. The second kappa shape index (κ2) is 11.4. The quantitative estimate of drug-likeness (QED) is 0.322. The summed E-state index contributed by atoms with van der Waals surface area (Å²) in [5.74, 6) is 0.0774. The Balaban J connectivity index is 1.59. The smallest absolute Gasteiger partial charge is 0.422 e. The van der Waals surface area contributed by atoms with Crippen LogP contribution in [-0.2, 0) is 14.3 Å². The topological polar surface area (TPSA) is 85.4 Å². The van der Waals surface area contributed by atoms with Crippen LogP contribution in [0.3, 0.4) is 0 Å². The molecule has 0 radical (unpaired) electrons. The zero-order valence-electron chi connectivity index (χ0n) is 23.5. The molecule has 2 aliphatic heterocycles. The average molecular weight is 634 g/mol. The highest BCUT2D eigenvalue weighted by Gasteiger charge is 2.39. The molecule has 0 bridgehead atoms. The molecule has 0 spiro atoms. The van der Waals surface area contributed by atoms with Crippen molar-refractivity contribution in [1.29, 1.82) is 0 Å². The monoisotopic (exact) mass is 632 g/mol. The number of carbonyl (C=O) groups excluding carboxylic acids is 3. The maximum atomic E-state index is 13.6. The van der Waals surface area contributed by atoms with Crippen LogP contribution in [0.5, 0.6) is 5.75 Å². The number of fused-ring (bicyclic) bond motifs is 1. The number of hydrogen-bond acceptors (Lipinski definition) is 6. The lowest BCUT2D eigenvalue weighted by atomic mass is 10.0. The van der Waals surface area contributed by atoms with E-state index in [-0.39, 0.29) is 12.2 Å². The lowest BCUT2D eigenvalue weighted by Crippen LogP contribution is -2.44. The number of ether oxygens (including phenoxy) is 3. The van der Waals surface area contributed by atoms with Crippen molar-refractivity contribution in [1.82, 2.24) is 4.90 Å². The summed E-state index contributed by atoms with van der Waals surface area (Å²) in [5, 5.41) is 0.394. The van der Waals surface area contributed by atoms with E-state index >= 15 is 0 Å². The second-order valence-electron chi connectivity index (χ2n) is 11.8. The number of piperidine rings is 1. The summed E-state index contributed by atoms with van der Waals surface area (Å²) in [6.45, 7) is 11.8. The summed E-state index contributed by atoms with van der Waals surface area (Å²) in [6, 6.07) is 10.5. The average Bonchev–Trinajstić information content (AvgIpc) is 3.09. The van der Waals surface area contributed by atoms with Crippen LogP contribution in [0.2, 0.25) is 5.02 Å². The standard InChI is InChI=1S/C30H34BrClN2O6/c1-29(2,3)39-27(36)33-13-11-21(12-14-33)38-25-10-7-19(31)15-18(25)16-23-22-9-8-20(32)17-24(22)34(26(23)35)28(37)40-30(4,5)6/h7-10,15-17,21H,11-14H2,1-6H3/b23-16+. The highest BCUT2D eigenvalue weighted by atomic mass is 79.9. The molecule has 0 saturated carbocycles. The van der Waals surface area contributed by atoms with Gasteiger partial charge in [0.15, 0.2) is 0 Å². The first-order valence-corrected chi connectivity index (χ1v) is 14.3. The Morgan fingerprint density at radius 3 is 2.20 bits per heavy atom. The number of anilines is 1. The third-order valence-corrected chi connectivity index (χ3v) is 6.89. The van der Waals surface area contributed by atoms with Gasteiger partial charge in [-0.2, -0.15) is 0 Å². The highest BCUT2D eigenvalue weighted by Crippen LogP contribution is 2.41. The number of likely N-dealkylation sites (tertiary alicyclic amines) is 1. The minimum Gasteiger partial charge on any atom is -0.490 e. The number of benzene rings is 2. The van der Waals surface area contributed by atoms with Crippen LogP contribution >= 0.6 is 27.5 Å². The molecule has 3 amide bonds.